The van der Waals surface area contributed by atoms with Crippen molar-refractivity contribution in [2.75, 3.05) is 41.4 Å². The number of nitrogen functional groups attached to an aromatic ring is 1. The smallest absolute Gasteiger partial charge is 0.550 e. The molecule has 34 heavy (non-hydrogen) atoms. The Morgan fingerprint density at radius 2 is 1.94 bits per heavy atom. The number of aliphatic carboxylic acids is 2. The number of benzene rings is 1. The van der Waals surface area contributed by atoms with Gasteiger partial charge in [0.2, 0.25) is 5.95 Å². The summed E-state index contributed by atoms with van der Waals surface area (Å²) in [6, 6.07) is 4.75. The van der Waals surface area contributed by atoms with Crippen molar-refractivity contribution < 1.29 is 24.6 Å². The van der Waals surface area contributed by atoms with Gasteiger partial charge in [0.15, 0.2) is 5.82 Å². The van der Waals surface area contributed by atoms with Gasteiger partial charge in [0.25, 0.3) is 11.5 Å². The van der Waals surface area contributed by atoms with E-state index >= 15 is 0 Å². The molecule has 0 saturated carbocycles. The molecule has 1 aliphatic heterocycles. The van der Waals surface area contributed by atoms with Crippen molar-refractivity contribution in [1.82, 2.24) is 15.3 Å². The van der Waals surface area contributed by atoms with Gasteiger partial charge >= 0.3 is 37.7 Å². The van der Waals surface area contributed by atoms with Crippen LogP contribution in [-0.4, -0.2) is 97.8 Å². The van der Waals surface area contributed by atoms with Gasteiger partial charge in [-0.2, -0.15) is 4.98 Å². The van der Waals surface area contributed by atoms with Crippen molar-refractivity contribution in [3.8, 4) is 0 Å². The van der Waals surface area contributed by atoms with Gasteiger partial charge in [0.1, 0.15) is 5.69 Å². The van der Waals surface area contributed by atoms with Crippen molar-refractivity contribution in [2.45, 2.75) is 24.9 Å². The maximum absolute atomic E-state index is 12.3. The van der Waals surface area contributed by atoms with Crippen molar-refractivity contribution in [1.29, 1.82) is 0 Å². The second-order valence-corrected chi connectivity index (χ2v) is 7.51. The summed E-state index contributed by atoms with van der Waals surface area (Å²) in [6.07, 6.45) is -0.862. The topological polar surface area (TPSA) is 208 Å². The average Bonchev–Trinajstić information content (AvgIpc) is 2.75. The van der Waals surface area contributed by atoms with Gasteiger partial charge in [-0.05, 0) is 37.1 Å². The first-order valence-electron chi connectivity index (χ1n) is 10.1. The van der Waals surface area contributed by atoms with Crippen molar-refractivity contribution in [2.24, 2.45) is 0 Å². The van der Waals surface area contributed by atoms with Gasteiger partial charge in [-0.25, -0.2) is 0 Å². The molecule has 1 amide bonds. The first-order valence-corrected chi connectivity index (χ1v) is 10.1. The molecule has 2 aromatic rings. The number of nitrogens with zero attached hydrogens (tertiary/aromatic N) is 2. The fourth-order valence-electron chi connectivity index (χ4n) is 3.41. The zero-order valence-corrected chi connectivity index (χ0v) is 20.6. The molecule has 1 aromatic carbocycles. The number of H-pyrrole nitrogens is 1. The molecule has 2 atom stereocenters. The summed E-state index contributed by atoms with van der Waals surface area (Å²) < 4.78 is 0. The summed E-state index contributed by atoms with van der Waals surface area (Å²) in [5.74, 6) is -3.22. The van der Waals surface area contributed by atoms with Crippen LogP contribution in [0.1, 0.15) is 23.2 Å². The normalized spacial score (nSPS) is 15.2. The Kier molecular flexibility index (Phi) is 9.53. The van der Waals surface area contributed by atoms with Crippen LogP contribution in [0.2, 0.25) is 0 Å². The maximum Gasteiger partial charge on any atom is 2.00 e. The molecule has 0 unspecified atom stereocenters. The van der Waals surface area contributed by atoms with Crippen LogP contribution in [0.4, 0.5) is 23.1 Å². The molecule has 3 rings (SSSR count). The minimum Gasteiger partial charge on any atom is -0.550 e. The summed E-state index contributed by atoms with van der Waals surface area (Å²) in [5.41, 5.74) is 6.51. The third-order valence-corrected chi connectivity index (χ3v) is 5.23. The maximum atomic E-state index is 12.3. The van der Waals surface area contributed by atoms with Crippen LogP contribution in [-0.2, 0) is 9.59 Å². The zero-order valence-electron chi connectivity index (χ0n) is 18.4. The van der Waals surface area contributed by atoms with Crippen LogP contribution in [0.3, 0.4) is 0 Å². The van der Waals surface area contributed by atoms with Crippen molar-refractivity contribution in [3.63, 3.8) is 0 Å². The molecule has 0 bridgehead atoms. The Labute approximate surface area is 224 Å². The monoisotopic (exact) mass is 497 g/mol. The van der Waals surface area contributed by atoms with Gasteiger partial charge in [-0.3, -0.25) is 14.6 Å². The largest absolute Gasteiger partial charge is 2.00 e. The number of rotatable bonds is 9. The molecule has 13 nitrogen and oxygen atoms in total. The van der Waals surface area contributed by atoms with E-state index in [1.165, 1.54) is 12.1 Å². The number of aromatic nitrogens is 2. The van der Waals surface area contributed by atoms with E-state index in [0.717, 1.165) is 0 Å². The number of likely N-dealkylation sites (N-methyl/N-ethyl adjacent to an activating group) is 1. The van der Waals surface area contributed by atoms with Crippen LogP contribution >= 0.6 is 0 Å². The number of hydrogen-bond acceptors (Lipinski definition) is 11. The van der Waals surface area contributed by atoms with E-state index in [9.17, 15) is 29.4 Å². The summed E-state index contributed by atoms with van der Waals surface area (Å²) in [4.78, 5) is 54.5. The molecule has 0 saturated heterocycles. The molecule has 1 aliphatic rings. The van der Waals surface area contributed by atoms with Gasteiger partial charge < -0.3 is 46.4 Å². The Hall–Kier alpha value is -3.03. The fourth-order valence-corrected chi connectivity index (χ4v) is 3.41. The molecule has 14 heteroatoms. The molecule has 176 valence electrons. The van der Waals surface area contributed by atoms with Crippen molar-refractivity contribution in [3.05, 3.63) is 40.2 Å². The summed E-state index contributed by atoms with van der Waals surface area (Å²) in [5, 5.41) is 30.2. The second-order valence-electron chi connectivity index (χ2n) is 7.51. The van der Waals surface area contributed by atoms with E-state index in [1.807, 2.05) is 0 Å². The van der Waals surface area contributed by atoms with Gasteiger partial charge in [0.05, 0.1) is 18.1 Å². The number of fused-ring (bicyclic) bond motifs is 1. The van der Waals surface area contributed by atoms with Crippen LogP contribution in [0, 0.1) is 0 Å². The third kappa shape index (κ3) is 6.74. The van der Waals surface area contributed by atoms with E-state index in [1.54, 1.807) is 24.1 Å². The number of carboxylic acids is 2. The molecule has 0 fully saturated rings. The fraction of sp³-hybridized carbons (Fsp3) is 0.350. The van der Waals surface area contributed by atoms with Crippen LogP contribution in [0.15, 0.2) is 29.1 Å². The molecular formula is C20H23CaN7O6. The number of carboxylic acid groups (broad SMARTS) is 2. The summed E-state index contributed by atoms with van der Waals surface area (Å²) in [6.45, 7) is 0.984. The minimum absolute atomic E-state index is 0. The predicted octanol–water partition coefficient (Wildman–Crippen LogP) is -3.31. The molecule has 0 spiro atoms. The summed E-state index contributed by atoms with van der Waals surface area (Å²) in [7, 11) is 1.78. The van der Waals surface area contributed by atoms with Gasteiger partial charge in [0, 0.05) is 37.4 Å². The van der Waals surface area contributed by atoms with Crippen molar-refractivity contribution >= 4 is 78.7 Å². The predicted molar refractivity (Wildman–Crippen MR) is 121 cm³/mol. The number of nitrogens with one attached hydrogen (secondary N) is 4. The van der Waals surface area contributed by atoms with Gasteiger partial charge in [-0.15, -0.1) is 0 Å². The molecule has 0 aliphatic carbocycles. The van der Waals surface area contributed by atoms with Crippen LogP contribution < -0.4 is 42.4 Å². The number of nitrogens with two attached hydrogens (primary N) is 1. The number of carbonyl (C=O) groups is 3. The van der Waals surface area contributed by atoms with Crippen LogP contribution in [0.25, 0.3) is 0 Å². The van der Waals surface area contributed by atoms with E-state index in [0.29, 0.717) is 30.3 Å². The molecule has 1 aromatic heterocycles. The van der Waals surface area contributed by atoms with E-state index in [2.05, 4.69) is 25.9 Å². The van der Waals surface area contributed by atoms with E-state index in [4.69, 9.17) is 5.73 Å². The Morgan fingerprint density at radius 3 is 2.56 bits per heavy atom. The van der Waals surface area contributed by atoms with Crippen LogP contribution in [0.5, 0.6) is 0 Å². The molecule has 6 N–H and O–H groups in total. The SMILES string of the molecule is CN1c2c(nc(N)[nH]c2=O)NC[C@@H]1CNc1ccc(C(=O)N[C@H](CCC(=O)[O-])C(=O)[O-])cc1.[Ca+2]. The standard InChI is InChI=1S/C20H25N7O6.Ca/c1-27-12(9-23-16-15(27)18(31)26-20(21)25-16)8-22-11-4-2-10(3-5-11)17(30)24-13(19(32)33)6-7-14(28)29;/h2-5,12-13,22H,6-9H2,1H3,(H,24,30)(H,28,29)(H,32,33)(H4,21,23,25,26,31);/q;+2/p-2/t12-,13+;/m0./s1. The number of anilines is 4. The zero-order chi connectivity index (χ0) is 24.1. The van der Waals surface area contributed by atoms with E-state index in [-0.39, 0.29) is 67.3 Å². The number of hydrogen-bond donors (Lipinski definition) is 5. The van der Waals surface area contributed by atoms with E-state index < -0.39 is 30.3 Å². The number of aromatic amines is 1. The third-order valence-electron chi connectivity index (χ3n) is 5.23. The summed E-state index contributed by atoms with van der Waals surface area (Å²) >= 11 is 0. The Morgan fingerprint density at radius 1 is 1.26 bits per heavy atom. The Bertz CT molecular complexity index is 1110. The first-order chi connectivity index (χ1) is 15.7. The number of carbonyl (C=O) groups excluding carboxylic acids is 3. The number of amides is 1. The average molecular weight is 498 g/mol. The molecule has 0 radical (unpaired) electrons. The molecular weight excluding hydrogens is 474 g/mol. The first kappa shape index (κ1) is 27.2. The quantitative estimate of drug-likeness (QED) is 0.217. The van der Waals surface area contributed by atoms with Gasteiger partial charge in [-0.1, -0.05) is 0 Å². The second kappa shape index (κ2) is 11.9. The minimum atomic E-state index is -1.58. The Balaban J connectivity index is 0.00000408. The molecule has 2 heterocycles.